The van der Waals surface area contributed by atoms with E-state index in [0.717, 1.165) is 6.04 Å². The molecule has 0 aliphatic carbocycles. The van der Waals surface area contributed by atoms with Crippen molar-refractivity contribution in [3.8, 4) is 0 Å². The maximum Gasteiger partial charge on any atom is 0.0574 e. The van der Waals surface area contributed by atoms with Crippen LogP contribution in [0.2, 0.25) is 0 Å². The average molecular weight is 140 g/mol. The molecule has 0 aromatic heterocycles. The van der Waals surface area contributed by atoms with E-state index in [2.05, 4.69) is 4.90 Å². The minimum absolute atomic E-state index is 0.390. The molecule has 2 saturated heterocycles. The molecule has 0 radical (unpaired) electrons. The van der Waals surface area contributed by atoms with Crippen LogP contribution in [0, 0.1) is 0 Å². The summed E-state index contributed by atoms with van der Waals surface area (Å²) < 4.78 is 0. The van der Waals surface area contributed by atoms with Gasteiger partial charge in [0.2, 0.25) is 0 Å². The molecule has 2 unspecified atom stereocenters. The third-order valence-corrected chi connectivity index (χ3v) is 2.89. The Kier molecular flexibility index (Phi) is 1.66. The van der Waals surface area contributed by atoms with E-state index >= 15 is 0 Å². The zero-order chi connectivity index (χ0) is 6.97. The standard InChI is InChI=1S/C8H16N2/c9-8-5-1-3-7-4-2-6-10(7)8/h7-8H,1-6,9H2. The summed E-state index contributed by atoms with van der Waals surface area (Å²) in [5.74, 6) is 0. The molecule has 0 aromatic rings. The number of piperidine rings is 1. The van der Waals surface area contributed by atoms with Crippen LogP contribution in [0.5, 0.6) is 0 Å². The van der Waals surface area contributed by atoms with E-state index in [9.17, 15) is 0 Å². The van der Waals surface area contributed by atoms with Gasteiger partial charge in [0.15, 0.2) is 0 Å². The molecular formula is C8H16N2. The van der Waals surface area contributed by atoms with E-state index < -0.39 is 0 Å². The first-order chi connectivity index (χ1) is 4.88. The summed E-state index contributed by atoms with van der Waals surface area (Å²) in [6.07, 6.45) is 7.12. The largest absolute Gasteiger partial charge is 0.316 e. The number of nitrogens with zero attached hydrogens (tertiary/aromatic N) is 1. The topological polar surface area (TPSA) is 29.3 Å². The summed E-state index contributed by atoms with van der Waals surface area (Å²) in [6.45, 7) is 1.26. The number of fused-ring (bicyclic) bond motifs is 1. The Morgan fingerprint density at radius 3 is 2.70 bits per heavy atom. The second-order valence-electron chi connectivity index (χ2n) is 3.53. The van der Waals surface area contributed by atoms with Gasteiger partial charge in [0.05, 0.1) is 6.17 Å². The monoisotopic (exact) mass is 140 g/mol. The molecule has 2 heterocycles. The summed E-state index contributed by atoms with van der Waals surface area (Å²) in [5.41, 5.74) is 5.95. The highest BCUT2D eigenvalue weighted by molar-refractivity contribution is 4.86. The lowest BCUT2D eigenvalue weighted by atomic mass is 10.0. The minimum Gasteiger partial charge on any atom is -0.316 e. The lowest BCUT2D eigenvalue weighted by Crippen LogP contribution is -2.47. The van der Waals surface area contributed by atoms with Gasteiger partial charge in [-0.2, -0.15) is 0 Å². The fourth-order valence-corrected chi connectivity index (χ4v) is 2.33. The maximum absolute atomic E-state index is 5.95. The molecule has 0 amide bonds. The van der Waals surface area contributed by atoms with Gasteiger partial charge in [-0.1, -0.05) is 0 Å². The summed E-state index contributed by atoms with van der Waals surface area (Å²) in [6, 6.07) is 0.851. The number of nitrogens with two attached hydrogens (primary N) is 1. The van der Waals surface area contributed by atoms with E-state index in [1.54, 1.807) is 0 Å². The van der Waals surface area contributed by atoms with Gasteiger partial charge >= 0.3 is 0 Å². The molecule has 0 aromatic carbocycles. The number of hydrogen-bond acceptors (Lipinski definition) is 2. The lowest BCUT2D eigenvalue weighted by Gasteiger charge is -2.35. The van der Waals surface area contributed by atoms with Crippen molar-refractivity contribution in [1.29, 1.82) is 0 Å². The van der Waals surface area contributed by atoms with Crippen LogP contribution in [-0.4, -0.2) is 23.7 Å². The molecular weight excluding hydrogens is 124 g/mol. The normalized spacial score (nSPS) is 41.7. The van der Waals surface area contributed by atoms with Crippen molar-refractivity contribution in [2.45, 2.75) is 44.3 Å². The van der Waals surface area contributed by atoms with E-state index in [4.69, 9.17) is 5.73 Å². The van der Waals surface area contributed by atoms with Gasteiger partial charge < -0.3 is 5.73 Å². The first-order valence-corrected chi connectivity index (χ1v) is 4.39. The van der Waals surface area contributed by atoms with Gasteiger partial charge in [0.25, 0.3) is 0 Å². The number of hydrogen-bond donors (Lipinski definition) is 1. The van der Waals surface area contributed by atoms with Crippen LogP contribution in [0.1, 0.15) is 32.1 Å². The molecule has 0 saturated carbocycles. The van der Waals surface area contributed by atoms with Crippen LogP contribution in [0.3, 0.4) is 0 Å². The zero-order valence-electron chi connectivity index (χ0n) is 6.42. The predicted molar refractivity (Wildman–Crippen MR) is 41.6 cm³/mol. The van der Waals surface area contributed by atoms with Gasteiger partial charge in [-0.05, 0) is 38.6 Å². The Morgan fingerprint density at radius 2 is 1.90 bits per heavy atom. The van der Waals surface area contributed by atoms with Gasteiger partial charge in [0.1, 0.15) is 0 Å². The van der Waals surface area contributed by atoms with E-state index in [1.165, 1.54) is 38.6 Å². The van der Waals surface area contributed by atoms with Crippen LogP contribution in [-0.2, 0) is 0 Å². The molecule has 2 atom stereocenters. The van der Waals surface area contributed by atoms with E-state index in [0.29, 0.717) is 6.17 Å². The molecule has 2 fully saturated rings. The fourth-order valence-electron chi connectivity index (χ4n) is 2.33. The first kappa shape index (κ1) is 6.62. The highest BCUT2D eigenvalue weighted by Gasteiger charge is 2.31. The molecule has 2 rings (SSSR count). The second kappa shape index (κ2) is 2.51. The maximum atomic E-state index is 5.95. The smallest absolute Gasteiger partial charge is 0.0574 e. The molecule has 2 aliphatic rings. The minimum atomic E-state index is 0.390. The fraction of sp³-hybridized carbons (Fsp3) is 1.00. The molecule has 2 aliphatic heterocycles. The van der Waals surface area contributed by atoms with E-state index in [-0.39, 0.29) is 0 Å². The SMILES string of the molecule is NC1CCCC2CCCN12. The van der Waals surface area contributed by atoms with Crippen LogP contribution in [0.25, 0.3) is 0 Å². The van der Waals surface area contributed by atoms with Gasteiger partial charge in [-0.15, -0.1) is 0 Å². The summed E-state index contributed by atoms with van der Waals surface area (Å²) >= 11 is 0. The molecule has 10 heavy (non-hydrogen) atoms. The van der Waals surface area contributed by atoms with Crippen molar-refractivity contribution >= 4 is 0 Å². The molecule has 2 N–H and O–H groups in total. The third kappa shape index (κ3) is 0.956. The quantitative estimate of drug-likeness (QED) is 0.542. The summed E-state index contributed by atoms with van der Waals surface area (Å²) in [7, 11) is 0. The molecule has 2 heteroatoms. The second-order valence-corrected chi connectivity index (χ2v) is 3.53. The Labute approximate surface area is 62.4 Å². The summed E-state index contributed by atoms with van der Waals surface area (Å²) in [4.78, 5) is 2.49. The van der Waals surface area contributed by atoms with Crippen LogP contribution >= 0.6 is 0 Å². The lowest BCUT2D eigenvalue weighted by molar-refractivity contribution is 0.127. The summed E-state index contributed by atoms with van der Waals surface area (Å²) in [5, 5.41) is 0. The Balaban J connectivity index is 2.03. The van der Waals surface area contributed by atoms with Crippen molar-refractivity contribution in [2.75, 3.05) is 6.54 Å². The van der Waals surface area contributed by atoms with Gasteiger partial charge in [-0.25, -0.2) is 0 Å². The van der Waals surface area contributed by atoms with Gasteiger partial charge in [-0.3, -0.25) is 4.90 Å². The molecule has 0 bridgehead atoms. The van der Waals surface area contributed by atoms with Gasteiger partial charge in [0, 0.05) is 6.04 Å². The highest BCUT2D eigenvalue weighted by atomic mass is 15.3. The zero-order valence-corrected chi connectivity index (χ0v) is 6.42. The highest BCUT2D eigenvalue weighted by Crippen LogP contribution is 2.28. The van der Waals surface area contributed by atoms with Crippen molar-refractivity contribution in [3.05, 3.63) is 0 Å². The van der Waals surface area contributed by atoms with Crippen molar-refractivity contribution < 1.29 is 0 Å². The molecule has 2 nitrogen and oxygen atoms in total. The Hall–Kier alpha value is -0.0800. The van der Waals surface area contributed by atoms with Crippen LogP contribution in [0.15, 0.2) is 0 Å². The molecule has 58 valence electrons. The van der Waals surface area contributed by atoms with Crippen LogP contribution < -0.4 is 5.73 Å². The molecule has 0 spiro atoms. The Bertz CT molecular complexity index is 124. The van der Waals surface area contributed by atoms with Crippen molar-refractivity contribution in [3.63, 3.8) is 0 Å². The van der Waals surface area contributed by atoms with Crippen LogP contribution in [0.4, 0.5) is 0 Å². The van der Waals surface area contributed by atoms with E-state index in [1.807, 2.05) is 0 Å². The first-order valence-electron chi connectivity index (χ1n) is 4.39. The number of rotatable bonds is 0. The average Bonchev–Trinajstić information content (AvgIpc) is 2.36. The predicted octanol–water partition coefficient (Wildman–Crippen LogP) is 0.919. The van der Waals surface area contributed by atoms with Crippen molar-refractivity contribution in [1.82, 2.24) is 4.90 Å². The third-order valence-electron chi connectivity index (χ3n) is 2.89. The van der Waals surface area contributed by atoms with Crippen molar-refractivity contribution in [2.24, 2.45) is 5.73 Å². The Morgan fingerprint density at radius 1 is 1.10 bits per heavy atom.